The van der Waals surface area contributed by atoms with Crippen LogP contribution in [0, 0.1) is 10.1 Å². The molecule has 9 heteroatoms. The highest BCUT2D eigenvalue weighted by Gasteiger charge is 2.19. The minimum atomic E-state index is -0.575. The smallest absolute Gasteiger partial charge is 0.325 e. The molecule has 2 aromatic rings. The standard InChI is InChI=1S/C12H10BrN3O5/c1-19-7-3-4-10(9(5-7)16(17)18)21-12-14-6-8(13)11(15-12)20-2/h3-6H,1-2H3. The summed E-state index contributed by atoms with van der Waals surface area (Å²) in [5, 5.41) is 11.1. The fourth-order valence-electron chi connectivity index (χ4n) is 1.48. The van der Waals surface area contributed by atoms with E-state index in [1.54, 1.807) is 6.07 Å². The summed E-state index contributed by atoms with van der Waals surface area (Å²) in [5.41, 5.74) is -0.250. The Morgan fingerprint density at radius 2 is 2.05 bits per heavy atom. The molecule has 0 aliphatic carbocycles. The van der Waals surface area contributed by atoms with Crippen LogP contribution in [0.25, 0.3) is 0 Å². The van der Waals surface area contributed by atoms with Gasteiger partial charge < -0.3 is 14.2 Å². The first-order chi connectivity index (χ1) is 10.0. The van der Waals surface area contributed by atoms with E-state index in [4.69, 9.17) is 14.2 Å². The monoisotopic (exact) mass is 355 g/mol. The third-order valence-corrected chi connectivity index (χ3v) is 2.99. The van der Waals surface area contributed by atoms with Gasteiger partial charge in [0, 0.05) is 0 Å². The molecule has 8 nitrogen and oxygen atoms in total. The molecule has 2 rings (SSSR count). The van der Waals surface area contributed by atoms with Gasteiger partial charge in [-0.05, 0) is 28.1 Å². The zero-order valence-corrected chi connectivity index (χ0v) is 12.7. The van der Waals surface area contributed by atoms with Crippen molar-refractivity contribution in [2.24, 2.45) is 0 Å². The second-order valence-corrected chi connectivity index (χ2v) is 4.56. The van der Waals surface area contributed by atoms with Crippen molar-refractivity contribution in [3.8, 4) is 23.4 Å². The number of hydrogen-bond donors (Lipinski definition) is 0. The molecule has 110 valence electrons. The van der Waals surface area contributed by atoms with Crippen LogP contribution in [0.2, 0.25) is 0 Å². The van der Waals surface area contributed by atoms with Crippen molar-refractivity contribution in [1.29, 1.82) is 0 Å². The molecular formula is C12H10BrN3O5. The van der Waals surface area contributed by atoms with Gasteiger partial charge in [0.15, 0.2) is 0 Å². The average Bonchev–Trinajstić information content (AvgIpc) is 2.49. The van der Waals surface area contributed by atoms with Crippen LogP contribution in [0.4, 0.5) is 5.69 Å². The first-order valence-electron chi connectivity index (χ1n) is 5.62. The van der Waals surface area contributed by atoms with Gasteiger partial charge >= 0.3 is 11.7 Å². The predicted molar refractivity (Wildman–Crippen MR) is 76.0 cm³/mol. The molecule has 1 aromatic carbocycles. The number of benzene rings is 1. The van der Waals surface area contributed by atoms with Crippen molar-refractivity contribution >= 4 is 21.6 Å². The summed E-state index contributed by atoms with van der Waals surface area (Å²) in [6.45, 7) is 0. The first kappa shape index (κ1) is 15.0. The lowest BCUT2D eigenvalue weighted by Crippen LogP contribution is -1.98. The second kappa shape index (κ2) is 6.35. The molecule has 0 N–H and O–H groups in total. The maximum atomic E-state index is 11.1. The fourth-order valence-corrected chi connectivity index (χ4v) is 1.83. The van der Waals surface area contributed by atoms with E-state index in [2.05, 4.69) is 25.9 Å². The van der Waals surface area contributed by atoms with Gasteiger partial charge in [0.2, 0.25) is 11.6 Å². The molecular weight excluding hydrogens is 346 g/mol. The van der Waals surface area contributed by atoms with Crippen molar-refractivity contribution in [1.82, 2.24) is 9.97 Å². The van der Waals surface area contributed by atoms with Crippen molar-refractivity contribution in [2.75, 3.05) is 14.2 Å². The summed E-state index contributed by atoms with van der Waals surface area (Å²) in [6, 6.07) is 4.14. The van der Waals surface area contributed by atoms with Crippen LogP contribution in [-0.4, -0.2) is 29.1 Å². The molecule has 0 bridgehead atoms. The van der Waals surface area contributed by atoms with E-state index >= 15 is 0 Å². The van der Waals surface area contributed by atoms with E-state index in [0.29, 0.717) is 10.2 Å². The molecule has 1 aromatic heterocycles. The number of ether oxygens (including phenoxy) is 3. The molecule has 0 atom stereocenters. The topological polar surface area (TPSA) is 96.6 Å². The average molecular weight is 356 g/mol. The number of rotatable bonds is 5. The summed E-state index contributed by atoms with van der Waals surface area (Å²) in [5.74, 6) is 0.615. The Labute approximate surface area is 128 Å². The number of halogens is 1. The van der Waals surface area contributed by atoms with E-state index in [-0.39, 0.29) is 23.3 Å². The molecule has 1 heterocycles. The van der Waals surface area contributed by atoms with Crippen LogP contribution in [0.3, 0.4) is 0 Å². The Hall–Kier alpha value is -2.42. The maximum absolute atomic E-state index is 11.1. The Kier molecular flexibility index (Phi) is 4.53. The quantitative estimate of drug-likeness (QED) is 0.600. The van der Waals surface area contributed by atoms with Crippen LogP contribution in [0.15, 0.2) is 28.9 Å². The maximum Gasteiger partial charge on any atom is 0.325 e. The predicted octanol–water partition coefficient (Wildman–Crippen LogP) is 2.96. The van der Waals surface area contributed by atoms with Gasteiger partial charge in [0.05, 0.1) is 35.9 Å². The molecule has 0 fully saturated rings. The fraction of sp³-hybridized carbons (Fsp3) is 0.167. The Balaban J connectivity index is 2.37. The highest BCUT2D eigenvalue weighted by atomic mass is 79.9. The molecule has 0 saturated heterocycles. The van der Waals surface area contributed by atoms with Gasteiger partial charge in [0.25, 0.3) is 0 Å². The van der Waals surface area contributed by atoms with E-state index < -0.39 is 4.92 Å². The molecule has 0 unspecified atom stereocenters. The number of aromatic nitrogens is 2. The Bertz CT molecular complexity index is 680. The second-order valence-electron chi connectivity index (χ2n) is 3.70. The summed E-state index contributed by atoms with van der Waals surface area (Å²) >= 11 is 3.20. The lowest BCUT2D eigenvalue weighted by Gasteiger charge is -2.07. The molecule has 21 heavy (non-hydrogen) atoms. The van der Waals surface area contributed by atoms with E-state index in [9.17, 15) is 10.1 Å². The third kappa shape index (κ3) is 3.37. The van der Waals surface area contributed by atoms with Gasteiger partial charge in [-0.1, -0.05) is 0 Å². The van der Waals surface area contributed by atoms with Crippen LogP contribution < -0.4 is 14.2 Å². The van der Waals surface area contributed by atoms with Crippen LogP contribution in [-0.2, 0) is 0 Å². The Morgan fingerprint density at radius 3 is 2.67 bits per heavy atom. The summed E-state index contributed by atoms with van der Waals surface area (Å²) in [7, 11) is 2.86. The van der Waals surface area contributed by atoms with E-state index in [1.807, 2.05) is 0 Å². The molecule has 0 saturated carbocycles. The number of nitrogens with zero attached hydrogens (tertiary/aromatic N) is 3. The van der Waals surface area contributed by atoms with Gasteiger partial charge in [0.1, 0.15) is 5.75 Å². The summed E-state index contributed by atoms with van der Waals surface area (Å²) < 4.78 is 15.8. The molecule has 0 aliphatic rings. The highest BCUT2D eigenvalue weighted by molar-refractivity contribution is 9.10. The molecule has 0 amide bonds. The zero-order chi connectivity index (χ0) is 15.4. The number of nitro benzene ring substituents is 1. The minimum absolute atomic E-state index is 0.00479. The van der Waals surface area contributed by atoms with Gasteiger partial charge in [-0.2, -0.15) is 4.98 Å². The van der Waals surface area contributed by atoms with Crippen LogP contribution in [0.5, 0.6) is 23.4 Å². The van der Waals surface area contributed by atoms with Crippen LogP contribution in [0.1, 0.15) is 0 Å². The summed E-state index contributed by atoms with van der Waals surface area (Å²) in [4.78, 5) is 18.4. The van der Waals surface area contributed by atoms with Crippen LogP contribution >= 0.6 is 15.9 Å². The normalized spacial score (nSPS) is 10.0. The summed E-state index contributed by atoms with van der Waals surface area (Å²) in [6.07, 6.45) is 1.43. The van der Waals surface area contributed by atoms with E-state index in [0.717, 1.165) is 0 Å². The van der Waals surface area contributed by atoms with Crippen molar-refractivity contribution in [2.45, 2.75) is 0 Å². The lowest BCUT2D eigenvalue weighted by atomic mass is 10.3. The van der Waals surface area contributed by atoms with Gasteiger partial charge in [-0.3, -0.25) is 10.1 Å². The number of methoxy groups -OCH3 is 2. The SMILES string of the molecule is COc1ccc(Oc2ncc(Br)c(OC)n2)c([N+](=O)[O-])c1. The van der Waals surface area contributed by atoms with Gasteiger partial charge in [-0.15, -0.1) is 0 Å². The first-order valence-corrected chi connectivity index (χ1v) is 6.41. The van der Waals surface area contributed by atoms with E-state index in [1.165, 1.54) is 32.5 Å². The van der Waals surface area contributed by atoms with Crippen molar-refractivity contribution < 1.29 is 19.1 Å². The number of nitro groups is 1. The van der Waals surface area contributed by atoms with Crippen molar-refractivity contribution in [3.63, 3.8) is 0 Å². The highest BCUT2D eigenvalue weighted by Crippen LogP contribution is 2.34. The minimum Gasteiger partial charge on any atom is -0.496 e. The zero-order valence-electron chi connectivity index (χ0n) is 11.1. The third-order valence-electron chi connectivity index (χ3n) is 2.45. The lowest BCUT2D eigenvalue weighted by molar-refractivity contribution is -0.385. The van der Waals surface area contributed by atoms with Gasteiger partial charge in [-0.25, -0.2) is 4.98 Å². The molecule has 0 aliphatic heterocycles. The largest absolute Gasteiger partial charge is 0.496 e. The van der Waals surface area contributed by atoms with Crippen molar-refractivity contribution in [3.05, 3.63) is 39.0 Å². The number of hydrogen-bond acceptors (Lipinski definition) is 7. The molecule has 0 radical (unpaired) electrons. The Morgan fingerprint density at radius 1 is 1.29 bits per heavy atom. The molecule has 0 spiro atoms.